The molecule has 4 amide bonds. The maximum absolute atomic E-state index is 13.2. The molecule has 0 atom stereocenters. The number of hydrogen-bond acceptors (Lipinski definition) is 7. The van der Waals surface area contributed by atoms with Crippen molar-refractivity contribution < 1.29 is 22.8 Å². The highest BCUT2D eigenvalue weighted by molar-refractivity contribution is 7.89. The van der Waals surface area contributed by atoms with Crippen LogP contribution in [-0.4, -0.2) is 62.2 Å². The molecule has 4 rings (SSSR count). The summed E-state index contributed by atoms with van der Waals surface area (Å²) in [6.45, 7) is 5.80. The molecule has 3 N–H and O–H groups in total. The van der Waals surface area contributed by atoms with Crippen molar-refractivity contribution in [1.29, 1.82) is 0 Å². The average molecular weight is 584 g/mol. The maximum Gasteiger partial charge on any atom is 0.321 e. The number of carbonyl (C=O) groups is 3. The van der Waals surface area contributed by atoms with E-state index in [-0.39, 0.29) is 22.6 Å². The fraction of sp³-hybridized carbons (Fsp3) is 0.321. The summed E-state index contributed by atoms with van der Waals surface area (Å²) in [5.41, 5.74) is 2.19. The van der Waals surface area contributed by atoms with Gasteiger partial charge in [-0.05, 0) is 55.7 Å². The largest absolute Gasteiger partial charge is 0.341 e. The molecule has 1 aliphatic rings. The first-order chi connectivity index (χ1) is 19.0. The summed E-state index contributed by atoms with van der Waals surface area (Å²) in [5, 5.41) is 7.84. The molecule has 3 aromatic rings. The van der Waals surface area contributed by atoms with Gasteiger partial charge in [0.2, 0.25) is 10.0 Å². The first kappa shape index (κ1) is 29.4. The molecule has 12 heteroatoms. The highest BCUT2D eigenvalue weighted by atomic mass is 32.2. The van der Waals surface area contributed by atoms with Gasteiger partial charge in [0, 0.05) is 50.2 Å². The summed E-state index contributed by atoms with van der Waals surface area (Å²) < 4.78 is 27.4. The fourth-order valence-corrected chi connectivity index (χ4v) is 6.90. The molecule has 0 radical (unpaired) electrons. The van der Waals surface area contributed by atoms with E-state index in [4.69, 9.17) is 0 Å². The number of rotatable bonds is 8. The Kier molecular flexibility index (Phi) is 9.04. The summed E-state index contributed by atoms with van der Waals surface area (Å²) >= 11 is 1.31. The number of benzene rings is 2. The zero-order valence-electron chi connectivity index (χ0n) is 22.9. The molecule has 0 spiro atoms. The van der Waals surface area contributed by atoms with Crippen molar-refractivity contribution in [2.75, 3.05) is 26.0 Å². The average Bonchev–Trinajstić information content (AvgIpc) is 3.30. The minimum absolute atomic E-state index is 0.0634. The second-order valence-corrected chi connectivity index (χ2v) is 12.9. The number of sulfonamides is 1. The van der Waals surface area contributed by atoms with Crippen LogP contribution in [0.25, 0.3) is 0 Å². The Labute approximate surface area is 238 Å². The van der Waals surface area contributed by atoms with Gasteiger partial charge in [-0.1, -0.05) is 30.3 Å². The number of thiophene rings is 1. The van der Waals surface area contributed by atoms with Gasteiger partial charge in [-0.25, -0.2) is 13.2 Å². The molecular formula is C28H33N5O5S2. The molecule has 0 saturated carbocycles. The van der Waals surface area contributed by atoms with Crippen LogP contribution in [0.4, 0.5) is 9.80 Å². The molecule has 40 heavy (non-hydrogen) atoms. The number of carbonyl (C=O) groups excluding carboxylic acids is 3. The van der Waals surface area contributed by atoms with E-state index >= 15 is 0 Å². The summed E-state index contributed by atoms with van der Waals surface area (Å²) in [6.07, 6.45) is 0.611. The number of amides is 4. The minimum Gasteiger partial charge on any atom is -0.341 e. The van der Waals surface area contributed by atoms with Crippen LogP contribution in [0.1, 0.15) is 50.6 Å². The smallest absolute Gasteiger partial charge is 0.321 e. The molecule has 212 valence electrons. The lowest BCUT2D eigenvalue weighted by molar-refractivity contribution is 0.0963. The van der Waals surface area contributed by atoms with E-state index in [1.165, 1.54) is 54.0 Å². The van der Waals surface area contributed by atoms with Gasteiger partial charge in [-0.15, -0.1) is 11.3 Å². The standard InChI is InChI=1S/C28H33N5O5S2/c1-18(2)33-15-14-22-23(17-33)39-27(24(22)26(35)31-28(36)29-3)30-25(34)20-10-12-21(13-11-20)40(37,38)32(4)16-19-8-6-5-7-9-19/h5-13,18H,14-17H2,1-4H3,(H,30,34)(H2,29,31,35,36). The predicted octanol–water partition coefficient (Wildman–Crippen LogP) is 3.66. The second kappa shape index (κ2) is 12.3. The van der Waals surface area contributed by atoms with Crippen LogP contribution >= 0.6 is 11.3 Å². The Morgan fingerprint density at radius 3 is 2.33 bits per heavy atom. The Bertz CT molecular complexity index is 1500. The number of nitrogens with one attached hydrogen (secondary N) is 3. The van der Waals surface area contributed by atoms with Crippen molar-refractivity contribution in [2.45, 2.75) is 44.3 Å². The van der Waals surface area contributed by atoms with Crippen molar-refractivity contribution in [1.82, 2.24) is 19.8 Å². The number of hydrogen-bond donors (Lipinski definition) is 3. The fourth-order valence-electron chi connectivity index (χ4n) is 4.48. The van der Waals surface area contributed by atoms with E-state index in [2.05, 4.69) is 34.7 Å². The van der Waals surface area contributed by atoms with Crippen molar-refractivity contribution in [3.05, 3.63) is 81.7 Å². The molecule has 0 bridgehead atoms. The Hall–Kier alpha value is -3.58. The second-order valence-electron chi connectivity index (χ2n) is 9.78. The first-order valence-corrected chi connectivity index (χ1v) is 15.1. The third-order valence-electron chi connectivity index (χ3n) is 6.80. The Morgan fingerprint density at radius 1 is 1.02 bits per heavy atom. The molecule has 2 aromatic carbocycles. The topological polar surface area (TPSA) is 128 Å². The zero-order valence-corrected chi connectivity index (χ0v) is 24.5. The molecule has 0 unspecified atom stereocenters. The van der Waals surface area contributed by atoms with E-state index in [0.29, 0.717) is 24.0 Å². The Balaban J connectivity index is 1.55. The highest BCUT2D eigenvalue weighted by Gasteiger charge is 2.30. The Morgan fingerprint density at radius 2 is 1.70 bits per heavy atom. The molecule has 10 nitrogen and oxygen atoms in total. The lowest BCUT2D eigenvalue weighted by atomic mass is 10.0. The number of anilines is 1. The predicted molar refractivity (Wildman–Crippen MR) is 155 cm³/mol. The van der Waals surface area contributed by atoms with Gasteiger partial charge in [0.15, 0.2) is 0 Å². The number of nitrogens with zero attached hydrogens (tertiary/aromatic N) is 2. The SMILES string of the molecule is CNC(=O)NC(=O)c1c(NC(=O)c2ccc(S(=O)(=O)N(C)Cc3ccccc3)cc2)sc2c1CCN(C(C)C)C2. The highest BCUT2D eigenvalue weighted by Crippen LogP contribution is 2.38. The molecule has 1 aliphatic heterocycles. The number of imide groups is 1. The van der Waals surface area contributed by atoms with E-state index < -0.39 is 27.9 Å². The lowest BCUT2D eigenvalue weighted by Crippen LogP contribution is -2.39. The summed E-state index contributed by atoms with van der Waals surface area (Å²) in [5.74, 6) is -1.08. The first-order valence-electron chi connectivity index (χ1n) is 12.8. The van der Waals surface area contributed by atoms with Gasteiger partial charge in [-0.2, -0.15) is 4.31 Å². The number of urea groups is 1. The van der Waals surface area contributed by atoms with E-state index in [9.17, 15) is 22.8 Å². The lowest BCUT2D eigenvalue weighted by Gasteiger charge is -2.30. The van der Waals surface area contributed by atoms with Crippen LogP contribution in [0.2, 0.25) is 0 Å². The van der Waals surface area contributed by atoms with Gasteiger partial charge in [-0.3, -0.25) is 19.8 Å². The summed E-state index contributed by atoms with van der Waals surface area (Å²) in [7, 11) is -0.855. The van der Waals surface area contributed by atoms with Crippen LogP contribution in [0.15, 0.2) is 59.5 Å². The van der Waals surface area contributed by atoms with Crippen LogP contribution in [0, 0.1) is 0 Å². The van der Waals surface area contributed by atoms with E-state index in [0.717, 1.165) is 22.5 Å². The monoisotopic (exact) mass is 583 g/mol. The normalized spacial score (nSPS) is 13.7. The molecule has 2 heterocycles. The van der Waals surface area contributed by atoms with Gasteiger partial charge in [0.05, 0.1) is 10.5 Å². The van der Waals surface area contributed by atoms with Gasteiger partial charge < -0.3 is 10.6 Å². The molecule has 1 aromatic heterocycles. The third-order valence-corrected chi connectivity index (χ3v) is 9.75. The van der Waals surface area contributed by atoms with Crippen LogP contribution in [0.3, 0.4) is 0 Å². The van der Waals surface area contributed by atoms with Crippen molar-refractivity contribution in [3.63, 3.8) is 0 Å². The summed E-state index contributed by atoms with van der Waals surface area (Å²) in [4.78, 5) is 41.4. The van der Waals surface area contributed by atoms with Crippen LogP contribution in [-0.2, 0) is 29.5 Å². The van der Waals surface area contributed by atoms with Gasteiger partial charge in [0.1, 0.15) is 5.00 Å². The van der Waals surface area contributed by atoms with E-state index in [1.807, 2.05) is 30.3 Å². The molecule has 0 aliphatic carbocycles. The zero-order chi connectivity index (χ0) is 29.0. The van der Waals surface area contributed by atoms with Crippen LogP contribution < -0.4 is 16.0 Å². The van der Waals surface area contributed by atoms with Crippen molar-refractivity contribution in [3.8, 4) is 0 Å². The van der Waals surface area contributed by atoms with Gasteiger partial charge in [0.25, 0.3) is 11.8 Å². The van der Waals surface area contributed by atoms with Crippen molar-refractivity contribution >= 4 is 44.2 Å². The van der Waals surface area contributed by atoms with Gasteiger partial charge >= 0.3 is 6.03 Å². The number of fused-ring (bicyclic) bond motifs is 1. The van der Waals surface area contributed by atoms with Crippen molar-refractivity contribution in [2.24, 2.45) is 0 Å². The molecular weight excluding hydrogens is 550 g/mol. The summed E-state index contributed by atoms with van der Waals surface area (Å²) in [6, 6.07) is 14.6. The maximum atomic E-state index is 13.2. The molecule has 0 fully saturated rings. The third kappa shape index (κ3) is 6.41. The van der Waals surface area contributed by atoms with Crippen LogP contribution in [0.5, 0.6) is 0 Å². The van der Waals surface area contributed by atoms with E-state index in [1.54, 1.807) is 0 Å². The quantitative estimate of drug-likeness (QED) is 0.372. The minimum atomic E-state index is -3.78. The molecule has 0 saturated heterocycles.